The Morgan fingerprint density at radius 1 is 1.20 bits per heavy atom. The molecule has 0 spiro atoms. The first-order chi connectivity index (χ1) is 9.54. The largest absolute Gasteiger partial charge is 0.309 e. The van der Waals surface area contributed by atoms with Crippen molar-refractivity contribution in [3.05, 3.63) is 29.8 Å². The molecule has 2 unspecified atom stereocenters. The number of hydrogen-bond acceptors (Lipinski definition) is 1. The molecule has 0 heterocycles. The van der Waals surface area contributed by atoms with Crippen LogP contribution in [0.15, 0.2) is 24.3 Å². The van der Waals surface area contributed by atoms with Crippen LogP contribution in [0.4, 0.5) is 5.69 Å². The number of carbonyl (C=O) groups is 1. The van der Waals surface area contributed by atoms with E-state index in [1.165, 1.54) is 5.56 Å². The number of nitrogens with zero attached hydrogens (tertiary/aromatic N) is 1. The fourth-order valence-electron chi connectivity index (χ4n) is 2.48. The number of hydrogen-bond donors (Lipinski definition) is 0. The second-order valence-corrected chi connectivity index (χ2v) is 5.68. The summed E-state index contributed by atoms with van der Waals surface area (Å²) in [6, 6.07) is 8.66. The Hall–Kier alpha value is -1.31. The van der Waals surface area contributed by atoms with Gasteiger partial charge in [-0.1, -0.05) is 46.2 Å². The van der Waals surface area contributed by atoms with Crippen molar-refractivity contribution < 1.29 is 4.79 Å². The smallest absolute Gasteiger partial charge is 0.230 e. The summed E-state index contributed by atoms with van der Waals surface area (Å²) in [5, 5.41) is 0. The first-order valence-electron chi connectivity index (χ1n) is 7.97. The van der Waals surface area contributed by atoms with Crippen LogP contribution in [0.5, 0.6) is 0 Å². The number of rotatable bonds is 7. The fourth-order valence-corrected chi connectivity index (χ4v) is 2.48. The van der Waals surface area contributed by atoms with E-state index in [2.05, 4.69) is 52.0 Å². The first kappa shape index (κ1) is 16.7. The molecule has 20 heavy (non-hydrogen) atoms. The van der Waals surface area contributed by atoms with Crippen molar-refractivity contribution in [3.63, 3.8) is 0 Å². The normalized spacial score (nSPS) is 13.8. The molecule has 0 radical (unpaired) electrons. The van der Waals surface area contributed by atoms with E-state index in [1.54, 1.807) is 0 Å². The summed E-state index contributed by atoms with van der Waals surface area (Å²) in [6.07, 6.45) is 4.03. The Kier molecular flexibility index (Phi) is 6.77. The lowest BCUT2D eigenvalue weighted by Gasteiger charge is -2.32. The van der Waals surface area contributed by atoms with Crippen molar-refractivity contribution in [1.82, 2.24) is 0 Å². The summed E-state index contributed by atoms with van der Waals surface area (Å²) in [5.41, 5.74) is 2.34. The van der Waals surface area contributed by atoms with Gasteiger partial charge >= 0.3 is 0 Å². The molecule has 2 atom stereocenters. The molecule has 1 amide bonds. The molecular formula is C18H29NO. The maximum atomic E-state index is 12.7. The summed E-state index contributed by atoms with van der Waals surface area (Å²) >= 11 is 0. The van der Waals surface area contributed by atoms with Crippen molar-refractivity contribution in [2.45, 2.75) is 66.3 Å². The minimum absolute atomic E-state index is 0.0830. The van der Waals surface area contributed by atoms with Crippen LogP contribution in [0.1, 0.15) is 59.4 Å². The molecule has 0 bridgehead atoms. The van der Waals surface area contributed by atoms with Crippen molar-refractivity contribution in [1.29, 1.82) is 0 Å². The zero-order valence-corrected chi connectivity index (χ0v) is 13.6. The molecule has 0 aliphatic heterocycles. The van der Waals surface area contributed by atoms with E-state index in [9.17, 15) is 4.79 Å². The maximum absolute atomic E-state index is 12.7. The number of anilines is 1. The Morgan fingerprint density at radius 2 is 1.90 bits per heavy atom. The summed E-state index contributed by atoms with van der Waals surface area (Å²) in [4.78, 5) is 14.7. The standard InChI is InChI=1S/C18H29NO/c1-6-10-15(5)19(18(20)14(4)7-2)17-12-9-11-16(8-3)13-17/h9,11-15H,6-8,10H2,1-5H3. The molecule has 0 N–H and O–H groups in total. The Bertz CT molecular complexity index is 427. The van der Waals surface area contributed by atoms with Crippen molar-refractivity contribution in [2.24, 2.45) is 5.92 Å². The monoisotopic (exact) mass is 275 g/mol. The van der Waals surface area contributed by atoms with Crippen LogP contribution in [0.3, 0.4) is 0 Å². The van der Waals surface area contributed by atoms with E-state index < -0.39 is 0 Å². The average Bonchev–Trinajstić information content (AvgIpc) is 2.47. The minimum Gasteiger partial charge on any atom is -0.309 e. The van der Waals surface area contributed by atoms with E-state index in [0.29, 0.717) is 0 Å². The fraction of sp³-hybridized carbons (Fsp3) is 0.611. The molecule has 0 fully saturated rings. The highest BCUT2D eigenvalue weighted by Crippen LogP contribution is 2.24. The molecule has 0 saturated carbocycles. The summed E-state index contributed by atoms with van der Waals surface area (Å²) in [5.74, 6) is 0.335. The molecule has 1 aromatic rings. The third-order valence-electron chi connectivity index (χ3n) is 4.02. The van der Waals surface area contributed by atoms with Gasteiger partial charge in [-0.2, -0.15) is 0 Å². The Labute approximate surface area is 124 Å². The molecule has 2 nitrogen and oxygen atoms in total. The summed E-state index contributed by atoms with van der Waals surface area (Å²) in [6.45, 7) is 10.6. The molecule has 1 aromatic carbocycles. The summed E-state index contributed by atoms with van der Waals surface area (Å²) < 4.78 is 0. The molecule has 0 aliphatic rings. The summed E-state index contributed by atoms with van der Waals surface area (Å²) in [7, 11) is 0. The molecule has 0 aromatic heterocycles. The molecule has 2 heteroatoms. The van der Waals surface area contributed by atoms with Gasteiger partial charge in [0.2, 0.25) is 5.91 Å². The van der Waals surface area contributed by atoms with Crippen molar-refractivity contribution in [2.75, 3.05) is 4.90 Å². The molecule has 1 rings (SSSR count). The highest BCUT2D eigenvalue weighted by molar-refractivity contribution is 5.95. The van der Waals surface area contributed by atoms with Gasteiger partial charge in [0.05, 0.1) is 0 Å². The SMILES string of the molecule is CCCC(C)N(C(=O)C(C)CC)c1cccc(CC)c1. The lowest BCUT2D eigenvalue weighted by molar-refractivity contribution is -0.122. The van der Waals surface area contributed by atoms with Crippen LogP contribution >= 0.6 is 0 Å². The van der Waals surface area contributed by atoms with Crippen molar-refractivity contribution >= 4 is 11.6 Å². The van der Waals surface area contributed by atoms with Crippen LogP contribution in [-0.4, -0.2) is 11.9 Å². The van der Waals surface area contributed by atoms with Crippen LogP contribution in [0.25, 0.3) is 0 Å². The predicted octanol–water partition coefficient (Wildman–Crippen LogP) is 4.82. The molecular weight excluding hydrogens is 246 g/mol. The molecule has 112 valence electrons. The maximum Gasteiger partial charge on any atom is 0.230 e. The van der Waals surface area contributed by atoms with Gasteiger partial charge in [-0.25, -0.2) is 0 Å². The highest BCUT2D eigenvalue weighted by Gasteiger charge is 2.25. The van der Waals surface area contributed by atoms with Gasteiger partial charge in [0.15, 0.2) is 0 Å². The van der Waals surface area contributed by atoms with Gasteiger partial charge in [0.25, 0.3) is 0 Å². The van der Waals surface area contributed by atoms with Crippen LogP contribution < -0.4 is 4.90 Å². The Balaban J connectivity index is 3.11. The van der Waals surface area contributed by atoms with E-state index >= 15 is 0 Å². The lowest BCUT2D eigenvalue weighted by atomic mass is 10.0. The molecule has 0 aliphatic carbocycles. The average molecular weight is 275 g/mol. The van der Waals surface area contributed by atoms with Gasteiger partial charge in [0.1, 0.15) is 0 Å². The quantitative estimate of drug-likeness (QED) is 0.699. The van der Waals surface area contributed by atoms with Gasteiger partial charge in [-0.3, -0.25) is 4.79 Å². The second-order valence-electron chi connectivity index (χ2n) is 5.68. The van der Waals surface area contributed by atoms with Gasteiger partial charge in [-0.15, -0.1) is 0 Å². The van der Waals surface area contributed by atoms with E-state index in [-0.39, 0.29) is 17.9 Å². The van der Waals surface area contributed by atoms with E-state index in [4.69, 9.17) is 0 Å². The third kappa shape index (κ3) is 4.09. The van der Waals surface area contributed by atoms with Crippen LogP contribution in [0, 0.1) is 5.92 Å². The second kappa shape index (κ2) is 8.08. The first-order valence-corrected chi connectivity index (χ1v) is 7.97. The zero-order valence-electron chi connectivity index (χ0n) is 13.6. The van der Waals surface area contributed by atoms with E-state index in [0.717, 1.165) is 31.4 Å². The number of benzene rings is 1. The topological polar surface area (TPSA) is 20.3 Å². The zero-order chi connectivity index (χ0) is 15.1. The molecule has 0 saturated heterocycles. The number of aryl methyl sites for hydroxylation is 1. The number of carbonyl (C=O) groups excluding carboxylic acids is 1. The van der Waals surface area contributed by atoms with Crippen molar-refractivity contribution in [3.8, 4) is 0 Å². The number of amides is 1. The van der Waals surface area contributed by atoms with Gasteiger partial charge in [0, 0.05) is 17.6 Å². The highest BCUT2D eigenvalue weighted by atomic mass is 16.2. The lowest BCUT2D eigenvalue weighted by Crippen LogP contribution is -2.41. The van der Waals surface area contributed by atoms with Crippen LogP contribution in [0.2, 0.25) is 0 Å². The minimum atomic E-state index is 0.0830. The third-order valence-corrected chi connectivity index (χ3v) is 4.02. The van der Waals surface area contributed by atoms with Gasteiger partial charge < -0.3 is 4.90 Å². The Morgan fingerprint density at radius 3 is 2.45 bits per heavy atom. The predicted molar refractivity (Wildman–Crippen MR) is 87.1 cm³/mol. The van der Waals surface area contributed by atoms with Gasteiger partial charge in [-0.05, 0) is 43.9 Å². The van der Waals surface area contributed by atoms with Crippen LogP contribution in [-0.2, 0) is 11.2 Å². The van der Waals surface area contributed by atoms with E-state index in [1.807, 2.05) is 11.8 Å².